The summed E-state index contributed by atoms with van der Waals surface area (Å²) < 4.78 is 5.17. The van der Waals surface area contributed by atoms with Gasteiger partial charge < -0.3 is 30.3 Å². The molecule has 1 unspecified atom stereocenters. The Morgan fingerprint density at radius 3 is 2.81 bits per heavy atom. The number of morpholine rings is 1. The van der Waals surface area contributed by atoms with Gasteiger partial charge in [0.1, 0.15) is 5.75 Å². The fourth-order valence-corrected chi connectivity index (χ4v) is 2.03. The van der Waals surface area contributed by atoms with Crippen LogP contribution in [0.25, 0.3) is 0 Å². The van der Waals surface area contributed by atoms with E-state index in [1.807, 2.05) is 0 Å². The topological polar surface area (TPSA) is 119 Å². The van der Waals surface area contributed by atoms with Crippen LogP contribution in [0.3, 0.4) is 0 Å². The van der Waals surface area contributed by atoms with Gasteiger partial charge in [0.15, 0.2) is 0 Å². The number of carboxylic acid groups (broad SMARTS) is 1. The molecular formula is C13H16N2O6. The van der Waals surface area contributed by atoms with E-state index >= 15 is 0 Å². The molecule has 1 aromatic rings. The maximum atomic E-state index is 12.1. The van der Waals surface area contributed by atoms with Gasteiger partial charge in [-0.3, -0.25) is 0 Å². The molecule has 1 aliphatic rings. The van der Waals surface area contributed by atoms with Crippen LogP contribution in [0.1, 0.15) is 10.4 Å². The second-order valence-corrected chi connectivity index (χ2v) is 4.57. The molecule has 0 bridgehead atoms. The average molecular weight is 296 g/mol. The van der Waals surface area contributed by atoms with Gasteiger partial charge >= 0.3 is 12.0 Å². The molecule has 21 heavy (non-hydrogen) atoms. The van der Waals surface area contributed by atoms with Crippen molar-refractivity contribution in [3.8, 4) is 5.75 Å². The number of carbonyl (C=O) groups excluding carboxylic acids is 1. The lowest BCUT2D eigenvalue weighted by atomic mass is 10.2. The molecule has 2 amide bonds. The largest absolute Gasteiger partial charge is 0.506 e. The maximum Gasteiger partial charge on any atom is 0.335 e. The minimum absolute atomic E-state index is 0.0786. The van der Waals surface area contributed by atoms with E-state index in [-0.39, 0.29) is 30.2 Å². The van der Waals surface area contributed by atoms with Gasteiger partial charge in [-0.25, -0.2) is 9.59 Å². The van der Waals surface area contributed by atoms with Gasteiger partial charge in [0, 0.05) is 6.54 Å². The van der Waals surface area contributed by atoms with Crippen LogP contribution in [-0.2, 0) is 4.74 Å². The number of aliphatic hydroxyl groups is 1. The summed E-state index contributed by atoms with van der Waals surface area (Å²) in [5, 5.41) is 30.2. The SMILES string of the molecule is O=C(O)c1ccc(NC(=O)N2CCOCC2CO)c(O)c1. The van der Waals surface area contributed by atoms with Crippen LogP contribution in [-0.4, -0.2) is 64.6 Å². The first kappa shape index (κ1) is 15.1. The second-order valence-electron chi connectivity index (χ2n) is 4.57. The van der Waals surface area contributed by atoms with Crippen molar-refractivity contribution >= 4 is 17.7 Å². The van der Waals surface area contributed by atoms with Crippen molar-refractivity contribution in [2.24, 2.45) is 0 Å². The summed E-state index contributed by atoms with van der Waals surface area (Å²) in [7, 11) is 0. The summed E-state index contributed by atoms with van der Waals surface area (Å²) in [6.07, 6.45) is 0. The third-order valence-electron chi connectivity index (χ3n) is 3.19. The predicted octanol–water partition coefficient (Wildman–Crippen LogP) is 0.315. The Bertz CT molecular complexity index is 547. The lowest BCUT2D eigenvalue weighted by molar-refractivity contribution is -0.00485. The Kier molecular flexibility index (Phi) is 4.61. The molecule has 8 heteroatoms. The highest BCUT2D eigenvalue weighted by molar-refractivity contribution is 5.93. The van der Waals surface area contributed by atoms with E-state index in [1.54, 1.807) is 0 Å². The van der Waals surface area contributed by atoms with E-state index in [1.165, 1.54) is 17.0 Å². The summed E-state index contributed by atoms with van der Waals surface area (Å²) in [4.78, 5) is 24.3. The van der Waals surface area contributed by atoms with E-state index in [0.717, 1.165) is 6.07 Å². The number of aromatic hydroxyl groups is 1. The van der Waals surface area contributed by atoms with E-state index < -0.39 is 18.0 Å². The molecule has 1 saturated heterocycles. The van der Waals surface area contributed by atoms with Crippen LogP contribution >= 0.6 is 0 Å². The number of ether oxygens (including phenoxy) is 1. The molecule has 0 aliphatic carbocycles. The molecule has 0 spiro atoms. The highest BCUT2D eigenvalue weighted by Crippen LogP contribution is 2.25. The number of anilines is 1. The predicted molar refractivity (Wildman–Crippen MR) is 72.5 cm³/mol. The Morgan fingerprint density at radius 1 is 1.43 bits per heavy atom. The highest BCUT2D eigenvalue weighted by Gasteiger charge is 2.27. The number of urea groups is 1. The molecule has 1 heterocycles. The molecule has 0 radical (unpaired) electrons. The first-order valence-electron chi connectivity index (χ1n) is 6.35. The van der Waals surface area contributed by atoms with E-state index in [2.05, 4.69) is 5.32 Å². The number of rotatable bonds is 3. The van der Waals surface area contributed by atoms with Crippen LogP contribution < -0.4 is 5.32 Å². The summed E-state index contributed by atoms with van der Waals surface area (Å²) in [6, 6.07) is 2.71. The molecule has 1 aliphatic heterocycles. The number of amides is 2. The van der Waals surface area contributed by atoms with Gasteiger partial charge in [0.05, 0.1) is 37.1 Å². The summed E-state index contributed by atoms with van der Waals surface area (Å²) >= 11 is 0. The van der Waals surface area contributed by atoms with Crippen LogP contribution in [0.15, 0.2) is 18.2 Å². The third kappa shape index (κ3) is 3.41. The van der Waals surface area contributed by atoms with Gasteiger partial charge in [0.2, 0.25) is 0 Å². The Balaban J connectivity index is 2.10. The molecule has 114 valence electrons. The van der Waals surface area contributed by atoms with Gasteiger partial charge in [0.25, 0.3) is 0 Å². The first-order valence-corrected chi connectivity index (χ1v) is 6.35. The lowest BCUT2D eigenvalue weighted by Gasteiger charge is -2.34. The molecular weight excluding hydrogens is 280 g/mol. The molecule has 1 atom stereocenters. The molecule has 0 saturated carbocycles. The van der Waals surface area contributed by atoms with Crippen molar-refractivity contribution in [3.05, 3.63) is 23.8 Å². The van der Waals surface area contributed by atoms with Gasteiger partial charge in [-0.15, -0.1) is 0 Å². The number of aromatic carboxylic acids is 1. The lowest BCUT2D eigenvalue weighted by Crippen LogP contribution is -2.52. The Morgan fingerprint density at radius 2 is 2.19 bits per heavy atom. The van der Waals surface area contributed by atoms with Crippen LogP contribution in [0.2, 0.25) is 0 Å². The number of carbonyl (C=O) groups is 2. The molecule has 1 aromatic carbocycles. The number of carboxylic acids is 1. The van der Waals surface area contributed by atoms with Gasteiger partial charge in [-0.1, -0.05) is 0 Å². The van der Waals surface area contributed by atoms with Gasteiger partial charge in [-0.2, -0.15) is 0 Å². The fraction of sp³-hybridized carbons (Fsp3) is 0.385. The van der Waals surface area contributed by atoms with Gasteiger partial charge in [-0.05, 0) is 18.2 Å². The van der Waals surface area contributed by atoms with Crippen molar-refractivity contribution in [3.63, 3.8) is 0 Å². The number of aliphatic hydroxyl groups excluding tert-OH is 1. The molecule has 2 rings (SSSR count). The normalized spacial score (nSPS) is 18.3. The number of nitrogens with zero attached hydrogens (tertiary/aromatic N) is 1. The summed E-state index contributed by atoms with van der Waals surface area (Å²) in [5.41, 5.74) is 0.0262. The molecule has 1 fully saturated rings. The zero-order valence-corrected chi connectivity index (χ0v) is 11.2. The third-order valence-corrected chi connectivity index (χ3v) is 3.19. The standard InChI is InChI=1S/C13H16N2O6/c16-6-9-7-21-4-3-15(9)13(20)14-10-2-1-8(12(18)19)5-11(10)17/h1-2,5,9,16-17H,3-4,6-7H2,(H,14,20)(H,18,19). The van der Waals surface area contributed by atoms with E-state index in [4.69, 9.17) is 9.84 Å². The van der Waals surface area contributed by atoms with Crippen molar-refractivity contribution in [2.45, 2.75) is 6.04 Å². The number of hydrogen-bond donors (Lipinski definition) is 4. The monoisotopic (exact) mass is 296 g/mol. The van der Waals surface area contributed by atoms with Crippen LogP contribution in [0.4, 0.5) is 10.5 Å². The van der Waals surface area contributed by atoms with Crippen molar-refractivity contribution in [1.82, 2.24) is 4.90 Å². The maximum absolute atomic E-state index is 12.1. The highest BCUT2D eigenvalue weighted by atomic mass is 16.5. The number of phenolic OH excluding ortho intramolecular Hbond substituents is 1. The number of phenols is 1. The second kappa shape index (κ2) is 6.42. The Hall–Kier alpha value is -2.32. The number of benzene rings is 1. The molecule has 0 aromatic heterocycles. The van der Waals surface area contributed by atoms with E-state index in [9.17, 15) is 19.8 Å². The smallest absolute Gasteiger partial charge is 0.335 e. The van der Waals surface area contributed by atoms with Crippen LogP contribution in [0, 0.1) is 0 Å². The van der Waals surface area contributed by atoms with E-state index in [0.29, 0.717) is 13.2 Å². The molecule has 4 N–H and O–H groups in total. The summed E-state index contributed by atoms with van der Waals surface area (Å²) in [6.45, 7) is 0.712. The summed E-state index contributed by atoms with van der Waals surface area (Å²) in [5.74, 6) is -1.51. The minimum Gasteiger partial charge on any atom is -0.506 e. The quantitative estimate of drug-likeness (QED) is 0.596. The number of nitrogens with one attached hydrogen (secondary N) is 1. The van der Waals surface area contributed by atoms with Crippen molar-refractivity contribution < 1.29 is 29.6 Å². The molecule has 8 nitrogen and oxygen atoms in total. The minimum atomic E-state index is -1.17. The zero-order chi connectivity index (χ0) is 15.4. The zero-order valence-electron chi connectivity index (χ0n) is 11.2. The fourth-order valence-electron chi connectivity index (χ4n) is 2.03. The Labute approximate surface area is 120 Å². The van der Waals surface area contributed by atoms with Crippen LogP contribution in [0.5, 0.6) is 5.75 Å². The average Bonchev–Trinajstić information content (AvgIpc) is 2.48. The first-order chi connectivity index (χ1) is 10.0. The van der Waals surface area contributed by atoms with Crippen molar-refractivity contribution in [1.29, 1.82) is 0 Å². The number of hydrogen-bond acceptors (Lipinski definition) is 5. The van der Waals surface area contributed by atoms with Crippen molar-refractivity contribution in [2.75, 3.05) is 31.7 Å².